The van der Waals surface area contributed by atoms with E-state index in [1.807, 2.05) is 0 Å². The third kappa shape index (κ3) is 7.11. The first-order chi connectivity index (χ1) is 16.9. The SMILES string of the molecule is C[C@H](CC(=N)C1CCC(O)(c2ncc(CO)s2)CC1)NC(=O)CNC(=O)c1cccc(C(F)(F)F)c1. The highest BCUT2D eigenvalue weighted by atomic mass is 32.1. The van der Waals surface area contributed by atoms with Crippen molar-refractivity contribution in [3.8, 4) is 0 Å². The molecular weight excluding hydrogens is 497 g/mol. The summed E-state index contributed by atoms with van der Waals surface area (Å²) in [5, 5.41) is 34.2. The molecule has 2 amide bonds. The molecule has 1 aromatic carbocycles. The minimum absolute atomic E-state index is 0.0393. The van der Waals surface area contributed by atoms with Crippen molar-refractivity contribution in [2.75, 3.05) is 6.54 Å². The number of aliphatic hydroxyl groups excluding tert-OH is 1. The van der Waals surface area contributed by atoms with Crippen LogP contribution in [0, 0.1) is 11.3 Å². The fraction of sp³-hybridized carbons (Fsp3) is 0.500. The first-order valence-corrected chi connectivity index (χ1v) is 12.3. The summed E-state index contributed by atoms with van der Waals surface area (Å²) in [4.78, 5) is 29.3. The molecule has 0 saturated heterocycles. The molecule has 0 aliphatic heterocycles. The van der Waals surface area contributed by atoms with E-state index >= 15 is 0 Å². The lowest BCUT2D eigenvalue weighted by atomic mass is 9.76. The van der Waals surface area contributed by atoms with Crippen LogP contribution < -0.4 is 10.6 Å². The van der Waals surface area contributed by atoms with Crippen molar-refractivity contribution in [2.45, 2.75) is 63.5 Å². The lowest BCUT2D eigenvalue weighted by Gasteiger charge is -2.35. The molecule has 0 bridgehead atoms. The lowest BCUT2D eigenvalue weighted by Crippen LogP contribution is -2.42. The third-order valence-electron chi connectivity index (χ3n) is 6.21. The Bertz CT molecular complexity index is 1100. The van der Waals surface area contributed by atoms with Gasteiger partial charge in [-0.3, -0.25) is 9.59 Å². The molecule has 8 nitrogen and oxygen atoms in total. The molecule has 196 valence electrons. The predicted octanol–water partition coefficient (Wildman–Crippen LogP) is 3.38. The number of carbonyl (C=O) groups is 2. The van der Waals surface area contributed by atoms with Crippen molar-refractivity contribution in [3.05, 3.63) is 51.5 Å². The number of aromatic nitrogens is 1. The monoisotopic (exact) mass is 526 g/mol. The normalized spacial score (nSPS) is 21.0. The average Bonchev–Trinajstić information content (AvgIpc) is 3.33. The van der Waals surface area contributed by atoms with Crippen LogP contribution in [-0.4, -0.2) is 45.3 Å². The molecule has 1 atom stereocenters. The smallest absolute Gasteiger partial charge is 0.391 e. The summed E-state index contributed by atoms with van der Waals surface area (Å²) in [6, 6.07) is 3.56. The number of carbonyl (C=O) groups excluding carboxylic acids is 2. The van der Waals surface area contributed by atoms with Crippen LogP contribution in [0.25, 0.3) is 0 Å². The standard InChI is InChI=1S/C24H29F3N4O4S/c1-14(31-20(33)12-29-21(34)16-3-2-4-17(10-16)24(25,26)27)9-19(28)15-5-7-23(35,8-6-15)22-30-11-18(13-32)36-22/h2-4,10-11,14-15,28,32,35H,5-9,12-13H2,1H3,(H,29,34)(H,31,33)/t14-,15?,23?/m1/s1. The minimum Gasteiger partial charge on any atom is -0.391 e. The molecule has 2 aromatic rings. The number of halogens is 3. The number of benzene rings is 1. The van der Waals surface area contributed by atoms with E-state index < -0.39 is 35.7 Å². The second-order valence-corrected chi connectivity index (χ2v) is 10.2. The number of alkyl halides is 3. The zero-order valence-electron chi connectivity index (χ0n) is 19.7. The van der Waals surface area contributed by atoms with Crippen LogP contribution >= 0.6 is 11.3 Å². The maximum Gasteiger partial charge on any atom is 0.416 e. The first kappa shape index (κ1) is 27.8. The van der Waals surface area contributed by atoms with E-state index in [9.17, 15) is 33.0 Å². The van der Waals surface area contributed by atoms with Crippen molar-refractivity contribution in [2.24, 2.45) is 5.92 Å². The summed E-state index contributed by atoms with van der Waals surface area (Å²) in [6.45, 7) is 1.19. The van der Waals surface area contributed by atoms with Gasteiger partial charge in [0.2, 0.25) is 5.91 Å². The third-order valence-corrected chi connectivity index (χ3v) is 7.38. The Morgan fingerprint density at radius 2 is 2.00 bits per heavy atom. The summed E-state index contributed by atoms with van der Waals surface area (Å²) in [5.41, 5.74) is -1.76. The molecule has 1 saturated carbocycles. The summed E-state index contributed by atoms with van der Waals surface area (Å²) >= 11 is 1.28. The predicted molar refractivity (Wildman–Crippen MR) is 128 cm³/mol. The van der Waals surface area contributed by atoms with Crippen molar-refractivity contribution >= 4 is 28.9 Å². The van der Waals surface area contributed by atoms with E-state index in [0.717, 1.165) is 18.2 Å². The van der Waals surface area contributed by atoms with E-state index in [2.05, 4.69) is 15.6 Å². The summed E-state index contributed by atoms with van der Waals surface area (Å²) in [6.07, 6.45) is -0.647. The van der Waals surface area contributed by atoms with Gasteiger partial charge < -0.3 is 26.3 Å². The second kappa shape index (κ2) is 11.5. The van der Waals surface area contributed by atoms with Crippen LogP contribution in [0.1, 0.15) is 64.8 Å². The largest absolute Gasteiger partial charge is 0.416 e. The van der Waals surface area contributed by atoms with E-state index in [0.29, 0.717) is 47.7 Å². The molecule has 3 rings (SSSR count). The fourth-order valence-corrected chi connectivity index (χ4v) is 5.14. The highest BCUT2D eigenvalue weighted by Crippen LogP contribution is 2.41. The summed E-state index contributed by atoms with van der Waals surface area (Å²) in [7, 11) is 0. The molecular formula is C24H29F3N4O4S. The number of amides is 2. The van der Waals surface area contributed by atoms with Gasteiger partial charge in [-0.05, 0) is 56.7 Å². The highest BCUT2D eigenvalue weighted by Gasteiger charge is 2.38. The van der Waals surface area contributed by atoms with Crippen molar-refractivity contribution in [1.29, 1.82) is 5.41 Å². The van der Waals surface area contributed by atoms with Gasteiger partial charge in [-0.1, -0.05) is 6.07 Å². The maximum absolute atomic E-state index is 12.8. The first-order valence-electron chi connectivity index (χ1n) is 11.5. The number of rotatable bonds is 9. The van der Waals surface area contributed by atoms with Crippen LogP contribution in [0.3, 0.4) is 0 Å². The molecule has 0 unspecified atom stereocenters. The molecule has 1 aromatic heterocycles. The highest BCUT2D eigenvalue weighted by molar-refractivity contribution is 7.11. The average molecular weight is 527 g/mol. The van der Waals surface area contributed by atoms with E-state index in [4.69, 9.17) is 5.41 Å². The molecule has 1 aliphatic rings. The van der Waals surface area contributed by atoms with Gasteiger partial charge in [0.25, 0.3) is 5.91 Å². The maximum atomic E-state index is 12.8. The Morgan fingerprint density at radius 1 is 1.31 bits per heavy atom. The Hall–Kier alpha value is -2.83. The Labute approximate surface area is 210 Å². The topological polar surface area (TPSA) is 135 Å². The Balaban J connectivity index is 1.42. The van der Waals surface area contributed by atoms with Gasteiger partial charge in [-0.15, -0.1) is 11.3 Å². The van der Waals surface area contributed by atoms with E-state index in [1.165, 1.54) is 17.4 Å². The minimum atomic E-state index is -4.57. The molecule has 5 N–H and O–H groups in total. The molecule has 12 heteroatoms. The van der Waals surface area contributed by atoms with Crippen LogP contribution in [0.2, 0.25) is 0 Å². The van der Waals surface area contributed by atoms with E-state index in [-0.39, 0.29) is 24.1 Å². The Morgan fingerprint density at radius 3 is 2.61 bits per heavy atom. The number of thiazole rings is 1. The molecule has 1 heterocycles. The van der Waals surface area contributed by atoms with Gasteiger partial charge in [0, 0.05) is 29.9 Å². The van der Waals surface area contributed by atoms with Gasteiger partial charge in [0.05, 0.1) is 23.6 Å². The number of aliphatic hydroxyl groups is 2. The zero-order chi connectivity index (χ0) is 26.5. The van der Waals surface area contributed by atoms with E-state index in [1.54, 1.807) is 13.1 Å². The van der Waals surface area contributed by atoms with Crippen molar-refractivity contribution < 1.29 is 33.0 Å². The molecule has 0 spiro atoms. The summed E-state index contributed by atoms with van der Waals surface area (Å²) < 4.78 is 38.5. The Kier molecular flexibility index (Phi) is 8.85. The summed E-state index contributed by atoms with van der Waals surface area (Å²) in [5.74, 6) is -1.35. The molecule has 1 fully saturated rings. The quantitative estimate of drug-likeness (QED) is 0.319. The zero-order valence-corrected chi connectivity index (χ0v) is 20.5. The van der Waals surface area contributed by atoms with Crippen LogP contribution in [0.4, 0.5) is 13.2 Å². The number of hydrogen-bond acceptors (Lipinski definition) is 7. The fourth-order valence-electron chi connectivity index (χ4n) is 4.23. The van der Waals surface area contributed by atoms with Gasteiger partial charge >= 0.3 is 6.18 Å². The molecule has 1 aliphatic carbocycles. The van der Waals surface area contributed by atoms with Gasteiger partial charge in [-0.25, -0.2) is 4.98 Å². The number of hydrogen-bond donors (Lipinski definition) is 5. The van der Waals surface area contributed by atoms with Crippen LogP contribution in [0.5, 0.6) is 0 Å². The second-order valence-electron chi connectivity index (χ2n) is 9.05. The van der Waals surface area contributed by atoms with Crippen LogP contribution in [-0.2, 0) is 23.2 Å². The van der Waals surface area contributed by atoms with Crippen molar-refractivity contribution in [1.82, 2.24) is 15.6 Å². The van der Waals surface area contributed by atoms with Crippen LogP contribution in [0.15, 0.2) is 30.5 Å². The van der Waals surface area contributed by atoms with Gasteiger partial charge in [-0.2, -0.15) is 13.2 Å². The lowest BCUT2D eigenvalue weighted by molar-refractivity contribution is -0.137. The van der Waals surface area contributed by atoms with Gasteiger partial charge in [0.15, 0.2) is 0 Å². The molecule has 36 heavy (non-hydrogen) atoms. The number of nitrogens with one attached hydrogen (secondary N) is 3. The van der Waals surface area contributed by atoms with Crippen molar-refractivity contribution in [3.63, 3.8) is 0 Å². The van der Waals surface area contributed by atoms with Gasteiger partial charge in [0.1, 0.15) is 10.6 Å². The number of nitrogens with zero attached hydrogens (tertiary/aromatic N) is 1. The molecule has 0 radical (unpaired) electrons.